The van der Waals surface area contributed by atoms with Crippen molar-refractivity contribution in [2.24, 2.45) is 5.92 Å². The molecule has 2 atom stereocenters. The number of likely N-dealkylation sites (tertiary alicyclic amines) is 1. The number of carbonyl (C=O) groups excluding carboxylic acids is 1. The average molecular weight is 510 g/mol. The molecule has 0 aliphatic carbocycles. The number of rotatable bonds is 6. The highest BCUT2D eigenvalue weighted by Crippen LogP contribution is 2.31. The molecule has 8 heteroatoms. The number of nitrogens with zero attached hydrogens (tertiary/aromatic N) is 2. The van der Waals surface area contributed by atoms with E-state index >= 15 is 0 Å². The third kappa shape index (κ3) is 6.39. The summed E-state index contributed by atoms with van der Waals surface area (Å²) in [5.74, 6) is 5.31. The van der Waals surface area contributed by atoms with E-state index in [0.29, 0.717) is 28.4 Å². The number of pyridine rings is 1. The van der Waals surface area contributed by atoms with Crippen LogP contribution in [0.1, 0.15) is 45.3 Å². The van der Waals surface area contributed by atoms with E-state index in [1.165, 1.54) is 12.1 Å². The molecule has 0 saturated carbocycles. The fraction of sp³-hybridized carbons (Fsp3) is 0.286. The fourth-order valence-corrected chi connectivity index (χ4v) is 4.40. The van der Waals surface area contributed by atoms with E-state index in [0.717, 1.165) is 25.6 Å². The quantitative estimate of drug-likeness (QED) is 0.456. The number of carbonyl (C=O) groups is 1. The normalized spacial score (nSPS) is 16.3. The van der Waals surface area contributed by atoms with Gasteiger partial charge in [0, 0.05) is 40.9 Å². The summed E-state index contributed by atoms with van der Waals surface area (Å²) in [4.78, 5) is 19.7. The van der Waals surface area contributed by atoms with Crippen molar-refractivity contribution in [2.75, 3.05) is 26.3 Å². The van der Waals surface area contributed by atoms with Gasteiger partial charge in [-0.1, -0.05) is 35.6 Å². The van der Waals surface area contributed by atoms with Gasteiger partial charge in [0.2, 0.25) is 0 Å². The van der Waals surface area contributed by atoms with Gasteiger partial charge in [-0.15, -0.1) is 0 Å². The molecule has 186 valence electrons. The van der Waals surface area contributed by atoms with E-state index in [2.05, 4.69) is 27.0 Å². The highest BCUT2D eigenvalue weighted by molar-refractivity contribution is 6.30. The number of aryl methyl sites for hydroxylation is 1. The fourth-order valence-electron chi connectivity index (χ4n) is 4.27. The molecule has 3 aromatic rings. The second kappa shape index (κ2) is 11.5. The summed E-state index contributed by atoms with van der Waals surface area (Å²) >= 11 is 6.02. The molecule has 4 rings (SSSR count). The Morgan fingerprint density at radius 2 is 2.03 bits per heavy atom. The summed E-state index contributed by atoms with van der Waals surface area (Å²) in [6.07, 6.45) is 0.879. The van der Waals surface area contributed by atoms with Crippen LogP contribution in [0.2, 0.25) is 5.02 Å². The maximum absolute atomic E-state index is 14.0. The first kappa shape index (κ1) is 25.6. The predicted octanol–water partition coefficient (Wildman–Crippen LogP) is 5.05. The Morgan fingerprint density at radius 1 is 1.25 bits per heavy atom. The summed E-state index contributed by atoms with van der Waals surface area (Å²) in [5, 5.41) is 13.8. The minimum atomic E-state index is -0.845. The van der Waals surface area contributed by atoms with Gasteiger partial charge in [-0.3, -0.25) is 9.69 Å². The molecule has 36 heavy (non-hydrogen) atoms. The van der Waals surface area contributed by atoms with Crippen LogP contribution < -0.4 is 5.32 Å². The molecule has 0 bridgehead atoms. The van der Waals surface area contributed by atoms with Crippen molar-refractivity contribution < 1.29 is 18.7 Å². The van der Waals surface area contributed by atoms with E-state index in [9.17, 15) is 18.7 Å². The minimum Gasteiger partial charge on any atom is -0.508 e. The van der Waals surface area contributed by atoms with E-state index < -0.39 is 17.8 Å². The van der Waals surface area contributed by atoms with Gasteiger partial charge >= 0.3 is 0 Å². The number of hydrogen-bond donors (Lipinski definition) is 2. The van der Waals surface area contributed by atoms with Gasteiger partial charge < -0.3 is 10.4 Å². The van der Waals surface area contributed by atoms with Crippen molar-refractivity contribution >= 4 is 17.5 Å². The van der Waals surface area contributed by atoms with Gasteiger partial charge in [0.25, 0.3) is 5.91 Å². The smallest absolute Gasteiger partial charge is 0.270 e. The van der Waals surface area contributed by atoms with Gasteiger partial charge in [-0.25, -0.2) is 13.8 Å². The lowest BCUT2D eigenvalue weighted by Crippen LogP contribution is -2.30. The number of nitrogens with one attached hydrogen (secondary N) is 1. The molecule has 0 radical (unpaired) electrons. The first-order chi connectivity index (χ1) is 17.3. The molecule has 1 aliphatic heterocycles. The van der Waals surface area contributed by atoms with Crippen LogP contribution >= 0.6 is 11.6 Å². The lowest BCUT2D eigenvalue weighted by atomic mass is 9.97. The molecular formula is C28H26ClF2N3O2. The number of phenols is 1. The number of aromatic nitrogens is 1. The third-order valence-corrected chi connectivity index (χ3v) is 6.31. The topological polar surface area (TPSA) is 65.5 Å². The zero-order valence-corrected chi connectivity index (χ0v) is 20.5. The Balaban J connectivity index is 1.59. The SMILES string of the molecule is Cc1cc(C#C[C@H]2CCN(CCF)C2)cc(C(=O)NC(c2ccc(Cl)cc2)c2cc(F)ccc2O)n1. The lowest BCUT2D eigenvalue weighted by Gasteiger charge is -2.21. The first-order valence-corrected chi connectivity index (χ1v) is 12.0. The molecule has 1 fully saturated rings. The summed E-state index contributed by atoms with van der Waals surface area (Å²) < 4.78 is 26.6. The van der Waals surface area contributed by atoms with Crippen molar-refractivity contribution in [1.82, 2.24) is 15.2 Å². The van der Waals surface area contributed by atoms with E-state index in [-0.39, 0.29) is 29.6 Å². The Bertz CT molecular complexity index is 1300. The minimum absolute atomic E-state index is 0.146. The van der Waals surface area contributed by atoms with Gasteiger partial charge in [0.1, 0.15) is 23.9 Å². The molecule has 2 N–H and O–H groups in total. The van der Waals surface area contributed by atoms with Crippen LogP contribution in [0.5, 0.6) is 5.75 Å². The second-order valence-electron chi connectivity index (χ2n) is 8.79. The Kier molecular flexibility index (Phi) is 8.19. The number of amides is 1. The number of benzene rings is 2. The number of aromatic hydroxyl groups is 1. The number of alkyl halides is 1. The van der Waals surface area contributed by atoms with Crippen molar-refractivity contribution in [3.63, 3.8) is 0 Å². The number of hydrogen-bond acceptors (Lipinski definition) is 4. The van der Waals surface area contributed by atoms with Gasteiger partial charge in [0.15, 0.2) is 0 Å². The van der Waals surface area contributed by atoms with Gasteiger partial charge in [-0.05, 0) is 67.9 Å². The van der Waals surface area contributed by atoms with Crippen LogP contribution in [-0.2, 0) is 0 Å². The second-order valence-corrected chi connectivity index (χ2v) is 9.22. The third-order valence-electron chi connectivity index (χ3n) is 6.06. The van der Waals surface area contributed by atoms with Crippen LogP contribution in [0.25, 0.3) is 0 Å². The maximum Gasteiger partial charge on any atom is 0.270 e. The largest absolute Gasteiger partial charge is 0.508 e. The zero-order valence-electron chi connectivity index (χ0n) is 19.8. The first-order valence-electron chi connectivity index (χ1n) is 11.7. The summed E-state index contributed by atoms with van der Waals surface area (Å²) in [6.45, 7) is 3.38. The predicted molar refractivity (Wildman–Crippen MR) is 135 cm³/mol. The number of halogens is 3. The van der Waals surface area contributed by atoms with Crippen molar-refractivity contribution in [2.45, 2.75) is 19.4 Å². The van der Waals surface area contributed by atoms with Crippen LogP contribution in [0.15, 0.2) is 54.6 Å². The molecule has 5 nitrogen and oxygen atoms in total. The van der Waals surface area contributed by atoms with E-state index in [4.69, 9.17) is 11.6 Å². The molecule has 0 spiro atoms. The van der Waals surface area contributed by atoms with E-state index in [1.54, 1.807) is 43.3 Å². The van der Waals surface area contributed by atoms with Gasteiger partial charge in [-0.2, -0.15) is 0 Å². The summed E-state index contributed by atoms with van der Waals surface area (Å²) in [6, 6.07) is 12.8. The average Bonchev–Trinajstić information content (AvgIpc) is 3.31. The Hall–Kier alpha value is -3.47. The molecule has 1 saturated heterocycles. The standard InChI is InChI=1S/C28H26ClF2N3O2/c1-18-14-20(3-2-19-10-12-34(17-19)13-11-30)15-25(32-18)28(36)33-27(21-4-6-22(29)7-5-21)24-16-23(31)8-9-26(24)35/h4-9,14-16,19,27,35H,10-13,17H2,1H3,(H,33,36)/t19-,27?/m0/s1. The molecule has 1 amide bonds. The Morgan fingerprint density at radius 3 is 2.78 bits per heavy atom. The zero-order chi connectivity index (χ0) is 25.7. The van der Waals surface area contributed by atoms with Crippen LogP contribution in [-0.4, -0.2) is 47.2 Å². The van der Waals surface area contributed by atoms with Crippen LogP contribution in [0, 0.1) is 30.5 Å². The molecule has 2 heterocycles. The molecular weight excluding hydrogens is 484 g/mol. The van der Waals surface area contributed by atoms with Crippen molar-refractivity contribution in [1.29, 1.82) is 0 Å². The summed E-state index contributed by atoms with van der Waals surface area (Å²) in [5.41, 5.74) is 2.24. The molecule has 2 aromatic carbocycles. The van der Waals surface area contributed by atoms with Crippen molar-refractivity contribution in [3.8, 4) is 17.6 Å². The van der Waals surface area contributed by atoms with Gasteiger partial charge in [0.05, 0.1) is 6.04 Å². The van der Waals surface area contributed by atoms with Crippen molar-refractivity contribution in [3.05, 3.63) is 93.5 Å². The summed E-state index contributed by atoms with van der Waals surface area (Å²) in [7, 11) is 0. The van der Waals surface area contributed by atoms with Crippen LogP contribution in [0.4, 0.5) is 8.78 Å². The highest BCUT2D eigenvalue weighted by atomic mass is 35.5. The molecule has 1 aromatic heterocycles. The lowest BCUT2D eigenvalue weighted by molar-refractivity contribution is 0.0937. The number of phenolic OH excluding ortho intramolecular Hbond substituents is 1. The highest BCUT2D eigenvalue weighted by Gasteiger charge is 2.23. The van der Waals surface area contributed by atoms with E-state index in [1.807, 2.05) is 0 Å². The van der Waals surface area contributed by atoms with Crippen LogP contribution in [0.3, 0.4) is 0 Å². The molecule has 1 aliphatic rings. The molecule has 1 unspecified atom stereocenters. The Labute approximate surface area is 214 Å². The monoisotopic (exact) mass is 509 g/mol. The maximum atomic E-state index is 14.0.